The third-order valence-electron chi connectivity index (χ3n) is 5.81. The van der Waals surface area contributed by atoms with E-state index >= 15 is 0 Å². The molecule has 1 fully saturated rings. The zero-order valence-electron chi connectivity index (χ0n) is 16.8. The SMILES string of the molecule is Cc1c(-c2ccccc2)cccc1-c1cc2nc(CN3CCCCC3)cnc2o1. The number of hydrogen-bond acceptors (Lipinski definition) is 4. The van der Waals surface area contributed by atoms with Gasteiger partial charge < -0.3 is 4.42 Å². The van der Waals surface area contributed by atoms with Crippen molar-refractivity contribution in [3.05, 3.63) is 72.1 Å². The molecule has 4 aromatic rings. The molecule has 4 nitrogen and oxygen atoms in total. The average molecular weight is 383 g/mol. The van der Waals surface area contributed by atoms with Gasteiger partial charge in [0.05, 0.1) is 11.9 Å². The molecule has 0 amide bonds. The summed E-state index contributed by atoms with van der Waals surface area (Å²) in [6.07, 6.45) is 5.76. The van der Waals surface area contributed by atoms with Gasteiger partial charge in [-0.3, -0.25) is 4.90 Å². The second kappa shape index (κ2) is 7.80. The second-order valence-corrected chi connectivity index (χ2v) is 7.84. The largest absolute Gasteiger partial charge is 0.436 e. The molecule has 2 aromatic heterocycles. The van der Waals surface area contributed by atoms with E-state index in [0.717, 1.165) is 42.2 Å². The fourth-order valence-corrected chi connectivity index (χ4v) is 4.25. The Labute approximate surface area is 171 Å². The Morgan fingerprint density at radius 1 is 0.931 bits per heavy atom. The van der Waals surface area contributed by atoms with Gasteiger partial charge in [-0.15, -0.1) is 0 Å². The summed E-state index contributed by atoms with van der Waals surface area (Å²) in [6, 6.07) is 18.8. The van der Waals surface area contributed by atoms with Gasteiger partial charge in [-0.05, 0) is 49.5 Å². The van der Waals surface area contributed by atoms with Gasteiger partial charge in [-0.2, -0.15) is 0 Å². The van der Waals surface area contributed by atoms with E-state index in [0.29, 0.717) is 5.71 Å². The highest BCUT2D eigenvalue weighted by Crippen LogP contribution is 2.34. The minimum absolute atomic E-state index is 0.604. The van der Waals surface area contributed by atoms with Gasteiger partial charge in [0.25, 0.3) is 0 Å². The number of furan rings is 1. The molecule has 0 bridgehead atoms. The maximum atomic E-state index is 6.08. The molecule has 4 heteroatoms. The number of fused-ring (bicyclic) bond motifs is 1. The molecule has 0 saturated carbocycles. The molecule has 0 atom stereocenters. The van der Waals surface area contributed by atoms with Crippen molar-refractivity contribution < 1.29 is 4.42 Å². The lowest BCUT2D eigenvalue weighted by Crippen LogP contribution is -2.29. The summed E-state index contributed by atoms with van der Waals surface area (Å²) >= 11 is 0. The molecular formula is C25H25N3O. The molecule has 29 heavy (non-hydrogen) atoms. The van der Waals surface area contributed by atoms with Crippen LogP contribution in [0.2, 0.25) is 0 Å². The molecule has 0 spiro atoms. The van der Waals surface area contributed by atoms with Crippen molar-refractivity contribution in [2.45, 2.75) is 32.7 Å². The summed E-state index contributed by atoms with van der Waals surface area (Å²) in [5, 5.41) is 0. The summed E-state index contributed by atoms with van der Waals surface area (Å²) < 4.78 is 6.08. The lowest BCUT2D eigenvalue weighted by molar-refractivity contribution is 0.218. The van der Waals surface area contributed by atoms with E-state index in [4.69, 9.17) is 9.40 Å². The van der Waals surface area contributed by atoms with E-state index in [1.54, 1.807) is 0 Å². The molecule has 0 unspecified atom stereocenters. The lowest BCUT2D eigenvalue weighted by Gasteiger charge is -2.25. The van der Waals surface area contributed by atoms with Gasteiger partial charge in [-0.25, -0.2) is 9.97 Å². The standard InChI is InChI=1S/C25H25N3O/c1-18-21(19-9-4-2-5-10-19)11-8-12-22(18)24-15-23-25(29-24)26-16-20(27-23)17-28-13-6-3-7-14-28/h2,4-5,8-12,15-16H,3,6-7,13-14,17H2,1H3. The average Bonchev–Trinajstić information content (AvgIpc) is 3.18. The Hall–Kier alpha value is -2.98. The smallest absolute Gasteiger partial charge is 0.245 e. The second-order valence-electron chi connectivity index (χ2n) is 7.84. The summed E-state index contributed by atoms with van der Waals surface area (Å²) in [7, 11) is 0. The first-order valence-electron chi connectivity index (χ1n) is 10.4. The Kier molecular flexibility index (Phi) is 4.86. The molecule has 0 radical (unpaired) electrons. The lowest BCUT2D eigenvalue weighted by atomic mass is 9.95. The van der Waals surface area contributed by atoms with Crippen molar-refractivity contribution >= 4 is 11.2 Å². The molecule has 0 aliphatic carbocycles. The van der Waals surface area contributed by atoms with Crippen molar-refractivity contribution in [3.63, 3.8) is 0 Å². The van der Waals surface area contributed by atoms with E-state index in [2.05, 4.69) is 59.3 Å². The molecule has 0 N–H and O–H groups in total. The Bertz CT molecular complexity index is 1130. The van der Waals surface area contributed by atoms with Crippen LogP contribution < -0.4 is 0 Å². The molecule has 1 saturated heterocycles. The first-order chi connectivity index (χ1) is 14.3. The fraction of sp³-hybridized carbons (Fsp3) is 0.280. The molecule has 5 rings (SSSR count). The van der Waals surface area contributed by atoms with E-state index in [-0.39, 0.29) is 0 Å². The van der Waals surface area contributed by atoms with Crippen molar-refractivity contribution in [2.75, 3.05) is 13.1 Å². The Balaban J connectivity index is 1.48. The molecule has 2 aromatic carbocycles. The van der Waals surface area contributed by atoms with Crippen molar-refractivity contribution in [3.8, 4) is 22.5 Å². The van der Waals surface area contributed by atoms with Gasteiger partial charge in [-0.1, -0.05) is 55.0 Å². The molecule has 1 aliphatic heterocycles. The molecule has 1 aliphatic rings. The topological polar surface area (TPSA) is 42.2 Å². The Morgan fingerprint density at radius 3 is 2.55 bits per heavy atom. The zero-order chi connectivity index (χ0) is 19.6. The highest BCUT2D eigenvalue weighted by Gasteiger charge is 2.15. The predicted molar refractivity (Wildman–Crippen MR) is 117 cm³/mol. The van der Waals surface area contributed by atoms with Crippen LogP contribution in [0.15, 0.2) is 65.2 Å². The first-order valence-corrected chi connectivity index (χ1v) is 10.4. The normalized spacial score (nSPS) is 15.1. The van der Waals surface area contributed by atoms with Gasteiger partial charge >= 0.3 is 0 Å². The van der Waals surface area contributed by atoms with E-state index in [1.165, 1.54) is 36.0 Å². The van der Waals surface area contributed by atoms with Crippen LogP contribution in [0.1, 0.15) is 30.5 Å². The number of benzene rings is 2. The monoisotopic (exact) mass is 383 g/mol. The van der Waals surface area contributed by atoms with Crippen molar-refractivity contribution in [2.24, 2.45) is 0 Å². The summed E-state index contributed by atoms with van der Waals surface area (Å²) in [5.41, 5.74) is 7.17. The maximum absolute atomic E-state index is 6.08. The summed E-state index contributed by atoms with van der Waals surface area (Å²) in [4.78, 5) is 11.8. The minimum Gasteiger partial charge on any atom is -0.436 e. The highest BCUT2D eigenvalue weighted by atomic mass is 16.3. The van der Waals surface area contributed by atoms with Crippen LogP contribution in [0.3, 0.4) is 0 Å². The quantitative estimate of drug-likeness (QED) is 0.443. The number of likely N-dealkylation sites (tertiary alicyclic amines) is 1. The first kappa shape index (κ1) is 18.1. The third-order valence-corrected chi connectivity index (χ3v) is 5.81. The number of nitrogens with zero attached hydrogens (tertiary/aromatic N) is 3. The van der Waals surface area contributed by atoms with Gasteiger partial charge in [0.2, 0.25) is 5.71 Å². The minimum atomic E-state index is 0.604. The van der Waals surface area contributed by atoms with E-state index in [9.17, 15) is 0 Å². The number of piperidine rings is 1. The summed E-state index contributed by atoms with van der Waals surface area (Å²) in [5.74, 6) is 0.824. The van der Waals surface area contributed by atoms with Crippen LogP contribution in [0.4, 0.5) is 0 Å². The highest BCUT2D eigenvalue weighted by molar-refractivity contribution is 5.81. The van der Waals surface area contributed by atoms with E-state index in [1.807, 2.05) is 18.3 Å². The number of aromatic nitrogens is 2. The van der Waals surface area contributed by atoms with Gasteiger partial charge in [0.15, 0.2) is 0 Å². The van der Waals surface area contributed by atoms with Gasteiger partial charge in [0, 0.05) is 18.2 Å². The van der Waals surface area contributed by atoms with E-state index < -0.39 is 0 Å². The number of hydrogen-bond donors (Lipinski definition) is 0. The van der Waals surface area contributed by atoms with Crippen LogP contribution in [0.25, 0.3) is 33.7 Å². The van der Waals surface area contributed by atoms with Crippen LogP contribution in [0.5, 0.6) is 0 Å². The maximum Gasteiger partial charge on any atom is 0.245 e. The molecular weight excluding hydrogens is 358 g/mol. The molecule has 146 valence electrons. The van der Waals surface area contributed by atoms with Crippen LogP contribution >= 0.6 is 0 Å². The van der Waals surface area contributed by atoms with Gasteiger partial charge in [0.1, 0.15) is 11.3 Å². The zero-order valence-corrected chi connectivity index (χ0v) is 16.8. The third kappa shape index (κ3) is 3.68. The van der Waals surface area contributed by atoms with Crippen LogP contribution in [0, 0.1) is 6.92 Å². The Morgan fingerprint density at radius 2 is 1.72 bits per heavy atom. The van der Waals surface area contributed by atoms with Crippen LogP contribution in [-0.2, 0) is 6.54 Å². The van der Waals surface area contributed by atoms with Crippen LogP contribution in [-0.4, -0.2) is 28.0 Å². The molecule has 3 heterocycles. The number of rotatable bonds is 4. The van der Waals surface area contributed by atoms with Crippen molar-refractivity contribution in [1.82, 2.24) is 14.9 Å². The predicted octanol–water partition coefficient (Wildman–Crippen LogP) is 5.85. The fourth-order valence-electron chi connectivity index (χ4n) is 4.25. The summed E-state index contributed by atoms with van der Waals surface area (Å²) in [6.45, 7) is 5.32. The van der Waals surface area contributed by atoms with Crippen molar-refractivity contribution in [1.29, 1.82) is 0 Å².